The Bertz CT molecular complexity index is 680. The summed E-state index contributed by atoms with van der Waals surface area (Å²) in [6.07, 6.45) is 0.177. The number of nitrogens with zero attached hydrogens (tertiary/aromatic N) is 4. The van der Waals surface area contributed by atoms with Gasteiger partial charge in [-0.15, -0.1) is 0 Å². The summed E-state index contributed by atoms with van der Waals surface area (Å²) in [6, 6.07) is 0. The lowest BCUT2D eigenvalue weighted by atomic mass is 10.1. The van der Waals surface area contributed by atoms with Crippen molar-refractivity contribution in [3.8, 4) is 0 Å². The van der Waals surface area contributed by atoms with Gasteiger partial charge in [0.2, 0.25) is 0 Å². The average molecular weight is 338 g/mol. The number of ether oxygens (including phenoxy) is 2. The summed E-state index contributed by atoms with van der Waals surface area (Å²) in [5, 5.41) is 23.5. The molecule has 3 rings (SSSR count). The van der Waals surface area contributed by atoms with Crippen LogP contribution in [0.25, 0.3) is 11.2 Å². The van der Waals surface area contributed by atoms with Crippen molar-refractivity contribution >= 4 is 17.0 Å². The lowest BCUT2D eigenvalue weighted by Gasteiger charge is -2.16. The number of hydrogen-bond acceptors (Lipinski definition) is 9. The second kappa shape index (κ2) is 7.36. The molecule has 4 atom stereocenters. The predicted octanol–water partition coefficient (Wildman–Crippen LogP) is -1.15. The fourth-order valence-corrected chi connectivity index (χ4v) is 2.74. The van der Waals surface area contributed by atoms with Gasteiger partial charge in [-0.25, -0.2) is 15.0 Å². The van der Waals surface area contributed by atoms with Crippen molar-refractivity contribution in [2.45, 2.75) is 31.0 Å². The normalized spacial score (nSPS) is 27.0. The van der Waals surface area contributed by atoms with Crippen LogP contribution in [0.15, 0.2) is 12.7 Å². The molecular weight excluding hydrogens is 316 g/mol. The molecule has 0 aliphatic carbocycles. The van der Waals surface area contributed by atoms with Crippen LogP contribution >= 0.6 is 0 Å². The number of imidazole rings is 1. The molecular formula is C14H22N6O4. The maximum atomic E-state index is 10.3. The van der Waals surface area contributed by atoms with Crippen molar-refractivity contribution in [1.29, 1.82) is 0 Å². The molecule has 3 heterocycles. The Hall–Kier alpha value is -1.85. The van der Waals surface area contributed by atoms with Gasteiger partial charge in [-0.2, -0.15) is 0 Å². The Balaban J connectivity index is 1.87. The Kier molecular flexibility index (Phi) is 5.21. The highest BCUT2D eigenvalue weighted by Gasteiger charge is 2.44. The number of fused-ring (bicyclic) bond motifs is 1. The number of aromatic nitrogens is 4. The van der Waals surface area contributed by atoms with E-state index in [2.05, 4.69) is 20.3 Å². The first-order valence-corrected chi connectivity index (χ1v) is 7.79. The quantitative estimate of drug-likeness (QED) is 0.461. The zero-order valence-electron chi connectivity index (χ0n) is 13.4. The third-order valence-corrected chi connectivity index (χ3v) is 3.97. The van der Waals surface area contributed by atoms with Crippen molar-refractivity contribution in [1.82, 2.24) is 19.5 Å². The van der Waals surface area contributed by atoms with Gasteiger partial charge in [0.1, 0.15) is 24.6 Å². The van der Waals surface area contributed by atoms with E-state index < -0.39 is 24.5 Å². The molecule has 10 nitrogen and oxygen atoms in total. The van der Waals surface area contributed by atoms with Crippen molar-refractivity contribution < 1.29 is 19.7 Å². The molecule has 0 radical (unpaired) electrons. The molecule has 1 aliphatic rings. The molecule has 0 spiro atoms. The van der Waals surface area contributed by atoms with E-state index in [1.165, 1.54) is 19.8 Å². The molecule has 0 saturated carbocycles. The number of nitrogens with one attached hydrogen (secondary N) is 1. The van der Waals surface area contributed by atoms with E-state index in [9.17, 15) is 10.2 Å². The van der Waals surface area contributed by atoms with E-state index in [0.717, 1.165) is 6.42 Å². The molecule has 1 saturated heterocycles. The molecule has 0 aromatic carbocycles. The molecule has 1 aliphatic heterocycles. The number of aliphatic hydroxyl groups excluding tert-OH is 2. The second-order valence-corrected chi connectivity index (χ2v) is 5.62. The van der Waals surface area contributed by atoms with Gasteiger partial charge in [0.15, 0.2) is 23.2 Å². The number of nitrogens with two attached hydrogens (primary N) is 1. The van der Waals surface area contributed by atoms with Crippen LogP contribution in [0.1, 0.15) is 12.6 Å². The number of hydrogen-bond donors (Lipinski definition) is 4. The van der Waals surface area contributed by atoms with Crippen molar-refractivity contribution in [2.24, 2.45) is 5.73 Å². The Morgan fingerprint density at radius 2 is 2.17 bits per heavy atom. The third kappa shape index (κ3) is 3.06. The minimum absolute atomic E-state index is 0.183. The molecule has 132 valence electrons. The highest BCUT2D eigenvalue weighted by Crippen LogP contribution is 2.32. The standard InChI is InChI=1S/C14H22N6O4/c1-23-5-8-10(21)11(22)14(24-8)20-7-19-9-12(16-4-2-3-15)17-6-18-13(9)20/h6-8,10-11,14,21-22H,2-5,15H2,1H3,(H,16,17,18)/t8-,10-,11-,14-/m1/s1. The Morgan fingerprint density at radius 3 is 2.92 bits per heavy atom. The molecule has 10 heteroatoms. The molecule has 0 unspecified atom stereocenters. The van der Waals surface area contributed by atoms with Crippen LogP contribution in [-0.2, 0) is 9.47 Å². The summed E-state index contributed by atoms with van der Waals surface area (Å²) < 4.78 is 12.3. The fourth-order valence-electron chi connectivity index (χ4n) is 2.74. The van der Waals surface area contributed by atoms with Crippen LogP contribution in [0.4, 0.5) is 5.82 Å². The third-order valence-electron chi connectivity index (χ3n) is 3.97. The summed E-state index contributed by atoms with van der Waals surface area (Å²) in [5.74, 6) is 0.591. The van der Waals surface area contributed by atoms with Crippen LogP contribution in [0.2, 0.25) is 0 Å². The summed E-state index contributed by atoms with van der Waals surface area (Å²) in [7, 11) is 1.51. The van der Waals surface area contributed by atoms with Crippen LogP contribution < -0.4 is 11.1 Å². The molecule has 2 aromatic heterocycles. The van der Waals surface area contributed by atoms with Crippen LogP contribution in [0.5, 0.6) is 0 Å². The van der Waals surface area contributed by atoms with E-state index >= 15 is 0 Å². The lowest BCUT2D eigenvalue weighted by Crippen LogP contribution is -2.33. The van der Waals surface area contributed by atoms with Crippen LogP contribution in [0.3, 0.4) is 0 Å². The maximum absolute atomic E-state index is 10.3. The second-order valence-electron chi connectivity index (χ2n) is 5.62. The van der Waals surface area contributed by atoms with Crippen molar-refractivity contribution in [3.05, 3.63) is 12.7 Å². The van der Waals surface area contributed by atoms with Gasteiger partial charge in [0.05, 0.1) is 12.9 Å². The molecule has 2 aromatic rings. The minimum atomic E-state index is -1.11. The molecule has 24 heavy (non-hydrogen) atoms. The first-order chi connectivity index (χ1) is 11.7. The maximum Gasteiger partial charge on any atom is 0.167 e. The topological polar surface area (TPSA) is 141 Å². The van der Waals surface area contributed by atoms with Gasteiger partial charge < -0.3 is 30.7 Å². The average Bonchev–Trinajstić information content (AvgIpc) is 3.12. The smallest absolute Gasteiger partial charge is 0.167 e. The van der Waals surface area contributed by atoms with Gasteiger partial charge >= 0.3 is 0 Å². The summed E-state index contributed by atoms with van der Waals surface area (Å²) in [4.78, 5) is 12.7. The lowest BCUT2D eigenvalue weighted by molar-refractivity contribution is -0.0580. The first-order valence-electron chi connectivity index (χ1n) is 7.79. The van der Waals surface area contributed by atoms with Crippen LogP contribution in [0, 0.1) is 0 Å². The highest BCUT2D eigenvalue weighted by molar-refractivity contribution is 5.82. The minimum Gasteiger partial charge on any atom is -0.387 e. The van der Waals surface area contributed by atoms with E-state index in [1.807, 2.05) is 0 Å². The largest absolute Gasteiger partial charge is 0.387 e. The van der Waals surface area contributed by atoms with Crippen LogP contribution in [-0.4, -0.2) is 74.9 Å². The SMILES string of the molecule is COC[C@H]1O[C@@H](n2cnc3c(NCCCN)ncnc32)[C@H](O)[C@@H]1O. The molecule has 0 amide bonds. The molecule has 1 fully saturated rings. The van der Waals surface area contributed by atoms with E-state index in [0.29, 0.717) is 30.1 Å². The van der Waals surface area contributed by atoms with Gasteiger partial charge in [-0.05, 0) is 13.0 Å². The Labute approximate surface area is 138 Å². The van der Waals surface area contributed by atoms with E-state index in [4.69, 9.17) is 15.2 Å². The summed E-state index contributed by atoms with van der Waals surface area (Å²) >= 11 is 0. The number of aliphatic hydroxyl groups is 2. The van der Waals surface area contributed by atoms with E-state index in [-0.39, 0.29) is 6.61 Å². The van der Waals surface area contributed by atoms with Crippen molar-refractivity contribution in [2.75, 3.05) is 32.1 Å². The summed E-state index contributed by atoms with van der Waals surface area (Å²) in [5.41, 5.74) is 6.56. The van der Waals surface area contributed by atoms with E-state index in [1.54, 1.807) is 4.57 Å². The number of methoxy groups -OCH3 is 1. The number of anilines is 1. The van der Waals surface area contributed by atoms with Gasteiger partial charge in [0, 0.05) is 13.7 Å². The zero-order valence-corrected chi connectivity index (χ0v) is 13.4. The number of rotatable bonds is 7. The monoisotopic (exact) mass is 338 g/mol. The Morgan fingerprint density at radius 1 is 1.33 bits per heavy atom. The van der Waals surface area contributed by atoms with Crippen molar-refractivity contribution in [3.63, 3.8) is 0 Å². The summed E-state index contributed by atoms with van der Waals surface area (Å²) in [6.45, 7) is 1.44. The predicted molar refractivity (Wildman–Crippen MR) is 85.3 cm³/mol. The van der Waals surface area contributed by atoms with Gasteiger partial charge in [-0.3, -0.25) is 4.57 Å². The fraction of sp³-hybridized carbons (Fsp3) is 0.643. The zero-order chi connectivity index (χ0) is 17.1. The molecule has 0 bridgehead atoms. The van der Waals surface area contributed by atoms with Gasteiger partial charge in [-0.1, -0.05) is 0 Å². The highest BCUT2D eigenvalue weighted by atomic mass is 16.6. The first kappa shape index (κ1) is 17.0. The van der Waals surface area contributed by atoms with Gasteiger partial charge in [0.25, 0.3) is 0 Å². The molecule has 5 N–H and O–H groups in total.